The standard InChI is InChI=1S/C6H9Cl2/c7-5-1-2-6(8)4-3-5/h1,5-6H,2-4H2. The zero-order valence-electron chi connectivity index (χ0n) is 4.61. The number of hydrogen-bond donors (Lipinski definition) is 0. The number of rotatable bonds is 0. The Morgan fingerprint density at radius 2 is 2.00 bits per heavy atom. The molecule has 0 nitrogen and oxygen atoms in total. The molecule has 47 valence electrons. The first-order valence-corrected chi connectivity index (χ1v) is 3.78. The van der Waals surface area contributed by atoms with E-state index in [0.29, 0.717) is 5.38 Å². The molecule has 0 amide bonds. The lowest BCUT2D eigenvalue weighted by Crippen LogP contribution is -2.14. The van der Waals surface area contributed by atoms with Gasteiger partial charge in [0.25, 0.3) is 0 Å². The van der Waals surface area contributed by atoms with Crippen molar-refractivity contribution in [3.05, 3.63) is 6.42 Å². The molecule has 0 saturated heterocycles. The second-order valence-corrected chi connectivity index (χ2v) is 3.34. The lowest BCUT2D eigenvalue weighted by molar-refractivity contribution is 0.606. The summed E-state index contributed by atoms with van der Waals surface area (Å²) in [6, 6.07) is 0. The minimum atomic E-state index is 0.282. The van der Waals surface area contributed by atoms with Gasteiger partial charge in [0.05, 0.1) is 0 Å². The zero-order chi connectivity index (χ0) is 5.98. The van der Waals surface area contributed by atoms with Crippen LogP contribution in [0.3, 0.4) is 0 Å². The molecule has 0 aromatic carbocycles. The van der Waals surface area contributed by atoms with Crippen molar-refractivity contribution in [2.24, 2.45) is 0 Å². The van der Waals surface area contributed by atoms with E-state index in [4.69, 9.17) is 23.2 Å². The molecule has 0 heterocycles. The largest absolute Gasteiger partial charge is 0.123 e. The Hall–Kier alpha value is 0.580. The highest BCUT2D eigenvalue weighted by Crippen LogP contribution is 2.24. The van der Waals surface area contributed by atoms with Crippen molar-refractivity contribution in [2.45, 2.75) is 30.0 Å². The fourth-order valence-corrected chi connectivity index (χ4v) is 1.33. The number of hydrogen-bond acceptors (Lipinski definition) is 0. The van der Waals surface area contributed by atoms with Crippen LogP contribution in [0.2, 0.25) is 0 Å². The Bertz CT molecular complexity index is 54.9. The molecule has 1 aliphatic carbocycles. The molecule has 1 saturated carbocycles. The fourth-order valence-electron chi connectivity index (χ4n) is 0.871. The van der Waals surface area contributed by atoms with Gasteiger partial charge >= 0.3 is 0 Å². The van der Waals surface area contributed by atoms with E-state index in [1.54, 1.807) is 0 Å². The molecular formula is C6H9Cl2. The van der Waals surface area contributed by atoms with E-state index < -0.39 is 0 Å². The lowest BCUT2D eigenvalue weighted by atomic mass is 10.00. The Labute approximate surface area is 60.2 Å². The second kappa shape index (κ2) is 2.93. The van der Waals surface area contributed by atoms with E-state index in [1.165, 1.54) is 0 Å². The van der Waals surface area contributed by atoms with Gasteiger partial charge in [-0.05, 0) is 25.7 Å². The second-order valence-electron chi connectivity index (χ2n) is 2.16. The van der Waals surface area contributed by atoms with Crippen molar-refractivity contribution in [2.75, 3.05) is 0 Å². The molecule has 1 aliphatic rings. The molecule has 1 fully saturated rings. The highest BCUT2D eigenvalue weighted by Gasteiger charge is 2.16. The van der Waals surface area contributed by atoms with Crippen molar-refractivity contribution in [3.8, 4) is 0 Å². The first-order chi connectivity index (χ1) is 3.79. The monoisotopic (exact) mass is 151 g/mol. The zero-order valence-corrected chi connectivity index (χ0v) is 6.12. The molecule has 2 heteroatoms. The molecule has 2 atom stereocenters. The van der Waals surface area contributed by atoms with Gasteiger partial charge in [-0.2, -0.15) is 0 Å². The van der Waals surface area contributed by atoms with E-state index in [9.17, 15) is 0 Å². The average Bonchev–Trinajstić information content (AvgIpc) is 1.77. The highest BCUT2D eigenvalue weighted by atomic mass is 35.5. The molecule has 0 aromatic heterocycles. The van der Waals surface area contributed by atoms with Gasteiger partial charge in [-0.25, -0.2) is 0 Å². The third-order valence-corrected chi connectivity index (χ3v) is 2.20. The maximum Gasteiger partial charge on any atom is 0.0368 e. The maximum absolute atomic E-state index is 5.79. The van der Waals surface area contributed by atoms with Crippen LogP contribution in [0, 0.1) is 6.42 Å². The SMILES string of the molecule is ClC1[CH]CC(Cl)CC1. The van der Waals surface area contributed by atoms with Crippen molar-refractivity contribution < 1.29 is 0 Å². The molecular weight excluding hydrogens is 143 g/mol. The molecule has 0 N–H and O–H groups in total. The third kappa shape index (κ3) is 1.83. The van der Waals surface area contributed by atoms with Crippen molar-refractivity contribution in [1.82, 2.24) is 0 Å². The van der Waals surface area contributed by atoms with Crippen molar-refractivity contribution in [3.63, 3.8) is 0 Å². The summed E-state index contributed by atoms with van der Waals surface area (Å²) in [5.74, 6) is 0. The Balaban J connectivity index is 2.19. The Kier molecular flexibility index (Phi) is 2.45. The summed E-state index contributed by atoms with van der Waals surface area (Å²) in [6.07, 6.45) is 5.19. The molecule has 2 unspecified atom stereocenters. The molecule has 0 spiro atoms. The third-order valence-electron chi connectivity index (χ3n) is 1.40. The maximum atomic E-state index is 5.79. The summed E-state index contributed by atoms with van der Waals surface area (Å²) < 4.78 is 0. The van der Waals surface area contributed by atoms with Crippen LogP contribution in [0.1, 0.15) is 19.3 Å². The van der Waals surface area contributed by atoms with E-state index in [-0.39, 0.29) is 5.38 Å². The summed E-state index contributed by atoms with van der Waals surface area (Å²) in [4.78, 5) is 0. The van der Waals surface area contributed by atoms with Crippen LogP contribution >= 0.6 is 23.2 Å². The van der Waals surface area contributed by atoms with Gasteiger partial charge in [0, 0.05) is 10.8 Å². The van der Waals surface area contributed by atoms with Gasteiger partial charge < -0.3 is 0 Å². The molecule has 8 heavy (non-hydrogen) atoms. The van der Waals surface area contributed by atoms with Gasteiger partial charge in [0.1, 0.15) is 0 Å². The average molecular weight is 152 g/mol. The first-order valence-electron chi connectivity index (χ1n) is 2.90. The molecule has 0 aliphatic heterocycles. The van der Waals surface area contributed by atoms with E-state index in [1.807, 2.05) is 0 Å². The summed E-state index contributed by atoms with van der Waals surface area (Å²) in [7, 11) is 0. The summed E-state index contributed by atoms with van der Waals surface area (Å²) in [5.41, 5.74) is 0. The molecule has 0 aromatic rings. The minimum Gasteiger partial charge on any atom is -0.123 e. The number of halogens is 2. The normalized spacial score (nSPS) is 39.8. The van der Waals surface area contributed by atoms with Gasteiger partial charge in [0.15, 0.2) is 0 Å². The summed E-state index contributed by atoms with van der Waals surface area (Å²) >= 11 is 11.6. The van der Waals surface area contributed by atoms with E-state index >= 15 is 0 Å². The Morgan fingerprint density at radius 3 is 2.38 bits per heavy atom. The van der Waals surface area contributed by atoms with Crippen molar-refractivity contribution in [1.29, 1.82) is 0 Å². The highest BCUT2D eigenvalue weighted by molar-refractivity contribution is 6.23. The van der Waals surface area contributed by atoms with Crippen LogP contribution in [0.4, 0.5) is 0 Å². The Morgan fingerprint density at radius 1 is 1.25 bits per heavy atom. The molecule has 1 rings (SSSR count). The van der Waals surface area contributed by atoms with Crippen LogP contribution in [0.15, 0.2) is 0 Å². The van der Waals surface area contributed by atoms with E-state index in [0.717, 1.165) is 19.3 Å². The van der Waals surface area contributed by atoms with Gasteiger partial charge in [-0.3, -0.25) is 0 Å². The van der Waals surface area contributed by atoms with Gasteiger partial charge in [-0.1, -0.05) is 0 Å². The van der Waals surface area contributed by atoms with Crippen molar-refractivity contribution >= 4 is 23.2 Å². The van der Waals surface area contributed by atoms with Gasteiger partial charge in [0.2, 0.25) is 0 Å². The van der Waals surface area contributed by atoms with Crippen LogP contribution in [0.5, 0.6) is 0 Å². The topological polar surface area (TPSA) is 0 Å². The predicted molar refractivity (Wildman–Crippen MR) is 37.4 cm³/mol. The van der Waals surface area contributed by atoms with Crippen LogP contribution in [-0.2, 0) is 0 Å². The smallest absolute Gasteiger partial charge is 0.0368 e. The fraction of sp³-hybridized carbons (Fsp3) is 0.833. The summed E-state index contributed by atoms with van der Waals surface area (Å²) in [6.45, 7) is 0. The predicted octanol–water partition coefficient (Wildman–Crippen LogP) is 2.59. The van der Waals surface area contributed by atoms with E-state index in [2.05, 4.69) is 6.42 Å². The lowest BCUT2D eigenvalue weighted by Gasteiger charge is -2.18. The van der Waals surface area contributed by atoms with Crippen LogP contribution < -0.4 is 0 Å². The number of alkyl halides is 2. The summed E-state index contributed by atoms with van der Waals surface area (Å²) in [5, 5.41) is 0.634. The molecule has 0 bridgehead atoms. The quantitative estimate of drug-likeness (QED) is 0.468. The van der Waals surface area contributed by atoms with Crippen LogP contribution in [-0.4, -0.2) is 10.8 Å². The minimum absolute atomic E-state index is 0.282. The molecule has 1 radical (unpaired) electrons. The van der Waals surface area contributed by atoms with Crippen LogP contribution in [0.25, 0.3) is 0 Å². The first kappa shape index (κ1) is 6.70. The van der Waals surface area contributed by atoms with Gasteiger partial charge in [-0.15, -0.1) is 23.2 Å².